The first kappa shape index (κ1) is 12.7. The molecule has 17 heavy (non-hydrogen) atoms. The highest BCUT2D eigenvalue weighted by Crippen LogP contribution is 2.17. The highest BCUT2D eigenvalue weighted by Gasteiger charge is 2.28. The third-order valence-corrected chi connectivity index (χ3v) is 4.02. The van der Waals surface area contributed by atoms with Gasteiger partial charge in [0.15, 0.2) is 0 Å². The first-order chi connectivity index (χ1) is 8.18. The third kappa shape index (κ3) is 3.12. The molecule has 0 N–H and O–H groups in total. The van der Waals surface area contributed by atoms with Crippen molar-refractivity contribution in [2.75, 3.05) is 40.3 Å². The van der Waals surface area contributed by atoms with Crippen LogP contribution in [0.3, 0.4) is 0 Å². The van der Waals surface area contributed by atoms with Crippen molar-refractivity contribution in [3.8, 4) is 0 Å². The summed E-state index contributed by atoms with van der Waals surface area (Å²) in [5.74, 6) is 0. The Morgan fingerprint density at radius 3 is 2.29 bits per heavy atom. The van der Waals surface area contributed by atoms with Crippen LogP contribution in [-0.2, 0) is 0 Å². The lowest BCUT2D eigenvalue weighted by Gasteiger charge is -2.39. The predicted molar refractivity (Wildman–Crippen MR) is 69.1 cm³/mol. The van der Waals surface area contributed by atoms with Crippen molar-refractivity contribution in [3.63, 3.8) is 0 Å². The number of carbonyl (C=O) groups is 1. The zero-order chi connectivity index (χ0) is 12.3. The molecule has 2 saturated heterocycles. The minimum atomic E-state index is 0.274. The standard InChI is InChI=1S/C13H25N3O/c1-14(2)12-7-6-10-16(11-12)13(17)15-8-4-3-5-9-15/h12H,3-11H2,1-2H3. The number of likely N-dealkylation sites (N-methyl/N-ethyl adjacent to an activating group) is 1. The first-order valence-corrected chi connectivity index (χ1v) is 6.89. The Labute approximate surface area is 105 Å². The summed E-state index contributed by atoms with van der Waals surface area (Å²) < 4.78 is 0. The van der Waals surface area contributed by atoms with E-state index in [9.17, 15) is 4.79 Å². The third-order valence-electron chi connectivity index (χ3n) is 4.02. The minimum Gasteiger partial charge on any atom is -0.325 e. The van der Waals surface area contributed by atoms with Gasteiger partial charge in [0, 0.05) is 32.2 Å². The fourth-order valence-electron chi connectivity index (χ4n) is 2.84. The van der Waals surface area contributed by atoms with Gasteiger partial charge >= 0.3 is 6.03 Å². The van der Waals surface area contributed by atoms with Crippen LogP contribution in [0.4, 0.5) is 4.79 Å². The zero-order valence-corrected chi connectivity index (χ0v) is 11.2. The van der Waals surface area contributed by atoms with Crippen molar-refractivity contribution in [1.29, 1.82) is 0 Å². The largest absolute Gasteiger partial charge is 0.325 e. The Morgan fingerprint density at radius 2 is 1.65 bits per heavy atom. The molecule has 1 unspecified atom stereocenters. The van der Waals surface area contributed by atoms with Gasteiger partial charge in [-0.05, 0) is 46.2 Å². The van der Waals surface area contributed by atoms with Crippen molar-refractivity contribution < 1.29 is 4.79 Å². The molecule has 0 bridgehead atoms. The molecule has 2 fully saturated rings. The van der Waals surface area contributed by atoms with Crippen LogP contribution in [0.2, 0.25) is 0 Å². The molecule has 2 aliphatic heterocycles. The molecule has 0 saturated carbocycles. The van der Waals surface area contributed by atoms with Gasteiger partial charge < -0.3 is 14.7 Å². The Morgan fingerprint density at radius 1 is 1.00 bits per heavy atom. The molecule has 98 valence electrons. The highest BCUT2D eigenvalue weighted by atomic mass is 16.2. The van der Waals surface area contributed by atoms with Crippen LogP contribution in [-0.4, -0.2) is 67.0 Å². The monoisotopic (exact) mass is 239 g/mol. The number of rotatable bonds is 1. The smallest absolute Gasteiger partial charge is 0.320 e. The Bertz CT molecular complexity index is 261. The van der Waals surface area contributed by atoms with E-state index < -0.39 is 0 Å². The molecule has 0 spiro atoms. The summed E-state index contributed by atoms with van der Waals surface area (Å²) in [6.07, 6.45) is 6.00. The number of carbonyl (C=O) groups excluding carboxylic acids is 1. The minimum absolute atomic E-state index is 0.274. The van der Waals surface area contributed by atoms with Gasteiger partial charge in [-0.25, -0.2) is 4.79 Å². The SMILES string of the molecule is CN(C)C1CCCN(C(=O)N2CCCCC2)C1. The quantitative estimate of drug-likeness (QED) is 0.695. The van der Waals surface area contributed by atoms with Gasteiger partial charge in [0.1, 0.15) is 0 Å². The molecule has 2 rings (SSSR count). The summed E-state index contributed by atoms with van der Waals surface area (Å²) in [5.41, 5.74) is 0. The number of amides is 2. The lowest BCUT2D eigenvalue weighted by Crippen LogP contribution is -2.52. The second-order valence-electron chi connectivity index (χ2n) is 5.54. The van der Waals surface area contributed by atoms with E-state index in [0.29, 0.717) is 6.04 Å². The van der Waals surface area contributed by atoms with E-state index >= 15 is 0 Å². The van der Waals surface area contributed by atoms with E-state index in [1.807, 2.05) is 4.90 Å². The molecule has 0 aliphatic carbocycles. The number of urea groups is 1. The van der Waals surface area contributed by atoms with Crippen LogP contribution >= 0.6 is 0 Å². The van der Waals surface area contributed by atoms with E-state index in [1.54, 1.807) is 0 Å². The molecule has 0 radical (unpaired) electrons. The fourth-order valence-corrected chi connectivity index (χ4v) is 2.84. The second-order valence-corrected chi connectivity index (χ2v) is 5.54. The maximum Gasteiger partial charge on any atom is 0.320 e. The maximum atomic E-state index is 12.4. The average Bonchev–Trinajstić information content (AvgIpc) is 2.39. The van der Waals surface area contributed by atoms with Gasteiger partial charge in [-0.2, -0.15) is 0 Å². The summed E-state index contributed by atoms with van der Waals surface area (Å²) in [7, 11) is 4.22. The van der Waals surface area contributed by atoms with E-state index in [4.69, 9.17) is 0 Å². The molecule has 2 amide bonds. The molecule has 0 aromatic carbocycles. The predicted octanol–water partition coefficient (Wildman–Crippen LogP) is 1.62. The van der Waals surface area contributed by atoms with Crippen LogP contribution in [0.15, 0.2) is 0 Å². The number of piperidine rings is 2. The van der Waals surface area contributed by atoms with Crippen molar-refractivity contribution in [2.24, 2.45) is 0 Å². The highest BCUT2D eigenvalue weighted by molar-refractivity contribution is 5.74. The maximum absolute atomic E-state index is 12.4. The Balaban J connectivity index is 1.89. The summed E-state index contributed by atoms with van der Waals surface area (Å²) in [6, 6.07) is 0.814. The topological polar surface area (TPSA) is 26.8 Å². The second kappa shape index (κ2) is 5.71. The zero-order valence-electron chi connectivity index (χ0n) is 11.2. The molecular formula is C13H25N3O. The van der Waals surface area contributed by atoms with Crippen LogP contribution in [0.1, 0.15) is 32.1 Å². The summed E-state index contributed by atoms with van der Waals surface area (Å²) in [4.78, 5) is 18.7. The van der Waals surface area contributed by atoms with Crippen LogP contribution in [0.5, 0.6) is 0 Å². The van der Waals surface area contributed by atoms with Gasteiger partial charge in [0.2, 0.25) is 0 Å². The Hall–Kier alpha value is -0.770. The summed E-state index contributed by atoms with van der Waals surface area (Å²) in [6.45, 7) is 3.77. The lowest BCUT2D eigenvalue weighted by molar-refractivity contribution is 0.107. The molecular weight excluding hydrogens is 214 g/mol. The van der Waals surface area contributed by atoms with Gasteiger partial charge in [0.05, 0.1) is 0 Å². The van der Waals surface area contributed by atoms with E-state index in [0.717, 1.165) is 32.6 Å². The van der Waals surface area contributed by atoms with Gasteiger partial charge in [-0.1, -0.05) is 0 Å². The van der Waals surface area contributed by atoms with E-state index in [-0.39, 0.29) is 6.03 Å². The fraction of sp³-hybridized carbons (Fsp3) is 0.923. The number of hydrogen-bond donors (Lipinski definition) is 0. The number of nitrogens with zero attached hydrogens (tertiary/aromatic N) is 3. The molecule has 4 heteroatoms. The van der Waals surface area contributed by atoms with Crippen molar-refractivity contribution >= 4 is 6.03 Å². The number of likely N-dealkylation sites (tertiary alicyclic amines) is 2. The molecule has 2 aliphatic rings. The molecule has 1 atom stereocenters. The van der Waals surface area contributed by atoms with Gasteiger partial charge in [-0.15, -0.1) is 0 Å². The molecule has 0 aromatic rings. The number of hydrogen-bond acceptors (Lipinski definition) is 2. The normalized spacial score (nSPS) is 26.4. The van der Waals surface area contributed by atoms with Crippen molar-refractivity contribution in [3.05, 3.63) is 0 Å². The first-order valence-electron chi connectivity index (χ1n) is 6.89. The van der Waals surface area contributed by atoms with Crippen LogP contribution in [0.25, 0.3) is 0 Å². The molecule has 4 nitrogen and oxygen atoms in total. The van der Waals surface area contributed by atoms with Crippen LogP contribution in [0, 0.1) is 0 Å². The summed E-state index contributed by atoms with van der Waals surface area (Å²) >= 11 is 0. The van der Waals surface area contributed by atoms with E-state index in [2.05, 4.69) is 23.9 Å². The average molecular weight is 239 g/mol. The lowest BCUT2D eigenvalue weighted by atomic mass is 10.1. The van der Waals surface area contributed by atoms with Gasteiger partial charge in [0.25, 0.3) is 0 Å². The van der Waals surface area contributed by atoms with Crippen molar-refractivity contribution in [1.82, 2.24) is 14.7 Å². The van der Waals surface area contributed by atoms with Crippen molar-refractivity contribution in [2.45, 2.75) is 38.1 Å². The Kier molecular flexibility index (Phi) is 4.26. The molecule has 2 heterocycles. The van der Waals surface area contributed by atoms with E-state index in [1.165, 1.54) is 25.7 Å². The van der Waals surface area contributed by atoms with Crippen LogP contribution < -0.4 is 0 Å². The van der Waals surface area contributed by atoms with Gasteiger partial charge in [-0.3, -0.25) is 0 Å². The summed E-state index contributed by atoms with van der Waals surface area (Å²) in [5, 5.41) is 0. The molecule has 0 aromatic heterocycles.